The maximum absolute atomic E-state index is 15.3. The second-order valence-corrected chi connectivity index (χ2v) is 27.2. The predicted octanol–water partition coefficient (Wildman–Crippen LogP) is 8.61. The fourth-order valence-electron chi connectivity index (χ4n) is 15.1. The average molecular weight is 1090 g/mol. The van der Waals surface area contributed by atoms with Crippen molar-refractivity contribution in [3.05, 3.63) is 53.4 Å². The van der Waals surface area contributed by atoms with E-state index in [9.17, 15) is 9.59 Å². The molecule has 430 valence electrons. The largest absolute Gasteiger partial charge is 0.464 e. The number of nitrogens with one attached hydrogen (secondary N) is 2. The number of carbonyl (C=O) groups is 4. The number of benzene rings is 1. The quantitative estimate of drug-likeness (QED) is 0.208. The second kappa shape index (κ2) is 22.7. The molecule has 1 aliphatic carbocycles. The van der Waals surface area contributed by atoms with Gasteiger partial charge in [0.25, 0.3) is 5.91 Å². The SMILES string of the molecule is CCn1c(-c2cc(N3CCN4CCCC[C@@H]4C3)cnc2C(C)C)c2c3cc(ccc31)C1=CCCN(C1)C[C@H](NC(=O)[C@H](C1CCCC1)N1CC[C@]3(CCN(C(=O)OC(C)(C)C)C3)C1)C(=O)N1CCC[C@H](N1)C(=O)OCC(C)(C)C2. The van der Waals surface area contributed by atoms with Crippen molar-refractivity contribution in [3.8, 4) is 11.3 Å². The van der Waals surface area contributed by atoms with E-state index in [1.165, 1.54) is 64.8 Å². The van der Waals surface area contributed by atoms with Crippen molar-refractivity contribution < 1.29 is 28.7 Å². The summed E-state index contributed by atoms with van der Waals surface area (Å²) in [6, 6.07) is 8.04. The van der Waals surface area contributed by atoms with Gasteiger partial charge in [-0.3, -0.25) is 39.1 Å². The monoisotopic (exact) mass is 1080 g/mol. The van der Waals surface area contributed by atoms with Gasteiger partial charge in [-0.1, -0.05) is 59.1 Å². The Bertz CT molecular complexity index is 2790. The molecule has 8 aliphatic rings. The number of ether oxygens (including phenoxy) is 2. The van der Waals surface area contributed by atoms with Crippen molar-refractivity contribution in [1.82, 2.24) is 44.9 Å². The molecule has 11 rings (SSSR count). The van der Waals surface area contributed by atoms with E-state index in [1.807, 2.05) is 25.7 Å². The molecule has 3 amide bonds. The Morgan fingerprint density at radius 2 is 1.71 bits per heavy atom. The van der Waals surface area contributed by atoms with Gasteiger partial charge < -0.3 is 29.2 Å². The standard InChI is InChI=1S/C63H92N10O6/c1-9-72-53-22-21-44-32-48(53)50(56(72)49-33-47(35-64-54(49)42(2)3)69-31-30-68-26-13-12-19-46(68)37-69)34-62(7,8)41-78-59(76)51-20-15-27-73(66-51)58(75)52(38-67-25-14-18-45(44)36-67)65-57(74)55(43-16-10-11-17-43)70-28-23-63(39-70)24-29-71(40-63)60(77)79-61(4,5)6/h18,21-22,32-33,35,42-43,46,51-52,55,66H,9-17,19-20,23-31,34,36-41H2,1-8H3,(H,65,74)/t46-,51+,52+,55+,63+/m1/s1. The second-order valence-electron chi connectivity index (χ2n) is 27.2. The zero-order chi connectivity index (χ0) is 55.4. The van der Waals surface area contributed by atoms with Gasteiger partial charge in [-0.05, 0) is 152 Å². The molecule has 1 spiro atoms. The first kappa shape index (κ1) is 55.9. The van der Waals surface area contributed by atoms with Gasteiger partial charge in [0.1, 0.15) is 17.7 Å². The lowest BCUT2D eigenvalue weighted by molar-refractivity contribution is -0.155. The molecule has 7 aliphatic heterocycles. The van der Waals surface area contributed by atoms with Crippen LogP contribution in [0.3, 0.4) is 0 Å². The highest BCUT2D eigenvalue weighted by atomic mass is 16.6. The predicted molar refractivity (Wildman–Crippen MR) is 310 cm³/mol. The molecule has 2 aromatic heterocycles. The normalized spacial score (nSPS) is 28.0. The van der Waals surface area contributed by atoms with Crippen LogP contribution in [0.15, 0.2) is 36.5 Å². The number of cyclic esters (lactones) is 1. The van der Waals surface area contributed by atoms with Gasteiger partial charge >= 0.3 is 12.1 Å². The Hall–Kier alpha value is -5.03. The minimum absolute atomic E-state index is 0.100. The maximum Gasteiger partial charge on any atom is 0.410 e. The van der Waals surface area contributed by atoms with Crippen LogP contribution in [0.25, 0.3) is 27.7 Å². The number of fused-ring (bicyclic) bond motifs is 7. The Balaban J connectivity index is 0.918. The number of carbonyl (C=O) groups excluding carboxylic acids is 4. The minimum atomic E-state index is -0.858. The van der Waals surface area contributed by atoms with Gasteiger partial charge in [-0.15, -0.1) is 0 Å². The number of hydrogen-bond acceptors (Lipinski definition) is 12. The number of nitrogens with zero attached hydrogens (tertiary/aromatic N) is 8. The summed E-state index contributed by atoms with van der Waals surface area (Å²) in [5.74, 6) is -0.333. The Kier molecular flexibility index (Phi) is 16.1. The van der Waals surface area contributed by atoms with Gasteiger partial charge in [0.05, 0.1) is 35.9 Å². The number of likely N-dealkylation sites (tertiary alicyclic amines) is 2. The van der Waals surface area contributed by atoms with Crippen LogP contribution in [0, 0.1) is 16.7 Å². The molecule has 5 saturated heterocycles. The first-order valence-corrected chi connectivity index (χ1v) is 30.7. The molecular weight excluding hydrogens is 993 g/mol. The summed E-state index contributed by atoms with van der Waals surface area (Å²) >= 11 is 0. The molecule has 1 saturated carbocycles. The lowest BCUT2D eigenvalue weighted by Gasteiger charge is -2.45. The van der Waals surface area contributed by atoms with E-state index in [4.69, 9.17) is 14.5 Å². The summed E-state index contributed by atoms with van der Waals surface area (Å²) in [7, 11) is 0. The zero-order valence-electron chi connectivity index (χ0n) is 49.0. The van der Waals surface area contributed by atoms with Crippen molar-refractivity contribution >= 4 is 46.0 Å². The van der Waals surface area contributed by atoms with Gasteiger partial charge in [0.2, 0.25) is 5.91 Å². The van der Waals surface area contributed by atoms with Crippen LogP contribution in [-0.4, -0.2) is 173 Å². The molecule has 16 nitrogen and oxygen atoms in total. The number of anilines is 1. The van der Waals surface area contributed by atoms with E-state index in [0.29, 0.717) is 58.0 Å². The number of aryl methyl sites for hydroxylation is 1. The third kappa shape index (κ3) is 11.9. The van der Waals surface area contributed by atoms with E-state index in [-0.39, 0.29) is 53.8 Å². The fraction of sp³-hybridized carbons (Fsp3) is 0.698. The minimum Gasteiger partial charge on any atom is -0.464 e. The molecule has 9 heterocycles. The molecule has 3 aromatic rings. The van der Waals surface area contributed by atoms with Crippen molar-refractivity contribution in [3.63, 3.8) is 0 Å². The first-order valence-electron chi connectivity index (χ1n) is 30.7. The Morgan fingerprint density at radius 3 is 2.49 bits per heavy atom. The van der Waals surface area contributed by atoms with Crippen LogP contribution in [0.2, 0.25) is 0 Å². The summed E-state index contributed by atoms with van der Waals surface area (Å²) in [6.45, 7) is 27.0. The number of pyridine rings is 1. The fourth-order valence-corrected chi connectivity index (χ4v) is 15.1. The molecule has 0 radical (unpaired) electrons. The zero-order valence-corrected chi connectivity index (χ0v) is 49.0. The molecule has 1 aromatic carbocycles. The van der Waals surface area contributed by atoms with Gasteiger partial charge in [0, 0.05) is 105 Å². The summed E-state index contributed by atoms with van der Waals surface area (Å²) in [4.78, 5) is 75.2. The average Bonchev–Trinajstić information content (AvgIpc) is 4.45. The van der Waals surface area contributed by atoms with E-state index in [1.54, 1.807) is 5.01 Å². The molecule has 6 bridgehead atoms. The molecule has 16 heteroatoms. The van der Waals surface area contributed by atoms with Crippen LogP contribution in [0.4, 0.5) is 10.5 Å². The molecule has 1 unspecified atom stereocenters. The highest BCUT2D eigenvalue weighted by Gasteiger charge is 2.50. The number of hydrazine groups is 1. The third-order valence-electron chi connectivity index (χ3n) is 19.1. The number of esters is 1. The number of piperidine rings is 1. The van der Waals surface area contributed by atoms with E-state index < -0.39 is 23.1 Å². The summed E-state index contributed by atoms with van der Waals surface area (Å²) < 4.78 is 14.6. The summed E-state index contributed by atoms with van der Waals surface area (Å²) in [6.07, 6.45) is 16.6. The number of aromatic nitrogens is 2. The van der Waals surface area contributed by atoms with Gasteiger partial charge in [-0.2, -0.15) is 0 Å². The van der Waals surface area contributed by atoms with Crippen molar-refractivity contribution in [2.24, 2.45) is 16.7 Å². The maximum atomic E-state index is 15.3. The van der Waals surface area contributed by atoms with Crippen LogP contribution in [0.1, 0.15) is 155 Å². The highest BCUT2D eigenvalue weighted by Crippen LogP contribution is 2.45. The van der Waals surface area contributed by atoms with E-state index >= 15 is 9.59 Å². The Morgan fingerprint density at radius 1 is 0.911 bits per heavy atom. The lowest BCUT2D eigenvalue weighted by Crippen LogP contribution is -2.63. The molecular formula is C63H92N10O6. The topological polar surface area (TPSA) is 148 Å². The number of piperazine rings is 1. The number of hydrogen-bond donors (Lipinski definition) is 2. The van der Waals surface area contributed by atoms with E-state index in [2.05, 4.69) is 106 Å². The molecule has 79 heavy (non-hydrogen) atoms. The molecule has 6 atom stereocenters. The van der Waals surface area contributed by atoms with Crippen LogP contribution < -0.4 is 15.6 Å². The van der Waals surface area contributed by atoms with Crippen LogP contribution >= 0.6 is 0 Å². The lowest BCUT2D eigenvalue weighted by atomic mass is 9.83. The van der Waals surface area contributed by atoms with Crippen LogP contribution in [0.5, 0.6) is 0 Å². The third-order valence-corrected chi connectivity index (χ3v) is 19.1. The van der Waals surface area contributed by atoms with Crippen molar-refractivity contribution in [2.45, 2.75) is 181 Å². The van der Waals surface area contributed by atoms with Crippen molar-refractivity contribution in [1.29, 1.82) is 0 Å². The van der Waals surface area contributed by atoms with Gasteiger partial charge in [0.15, 0.2) is 0 Å². The first-order chi connectivity index (χ1) is 37.8. The Labute approximate surface area is 470 Å². The smallest absolute Gasteiger partial charge is 0.410 e. The number of rotatable bonds is 8. The summed E-state index contributed by atoms with van der Waals surface area (Å²) in [5, 5.41) is 6.21. The molecule has 2 N–H and O–H groups in total. The highest BCUT2D eigenvalue weighted by molar-refractivity contribution is 5.95. The molecule has 6 fully saturated rings. The number of amides is 3. The van der Waals surface area contributed by atoms with E-state index in [0.717, 1.165) is 102 Å². The summed E-state index contributed by atoms with van der Waals surface area (Å²) in [5.41, 5.74) is 11.6. The van der Waals surface area contributed by atoms with Crippen molar-refractivity contribution in [2.75, 3.05) is 90.0 Å². The van der Waals surface area contributed by atoms with Gasteiger partial charge in [-0.25, -0.2) is 10.2 Å². The van der Waals surface area contributed by atoms with Crippen LogP contribution in [-0.2, 0) is 36.8 Å².